The van der Waals surface area contributed by atoms with Crippen molar-refractivity contribution in [2.24, 2.45) is 29.4 Å². The lowest BCUT2D eigenvalue weighted by Crippen LogP contribution is -2.74. The Morgan fingerprint density at radius 1 is 1.15 bits per heavy atom. The topological polar surface area (TPSA) is 184 Å². The van der Waals surface area contributed by atoms with E-state index >= 15 is 0 Å². The number of carbonyl (C=O) groups excluding carboxylic acids is 6. The van der Waals surface area contributed by atoms with Crippen LogP contribution in [0.1, 0.15) is 32.7 Å². The Balaban J connectivity index is 1.77. The Kier molecular flexibility index (Phi) is 7.02. The predicted molar refractivity (Wildman–Crippen MR) is 125 cm³/mol. The SMILES string of the molecule is CN(C)[C@@H]1C(=O)C(C(N)=O)C(=O)[C@@]2(O)C(=O)C3C(=O)c4c(O)ccc(C(=O)CNCC(F)(F)F)c4C[C@H]3C[C@@H]12. The van der Waals surface area contributed by atoms with Gasteiger partial charge in [-0.05, 0) is 50.6 Å². The summed E-state index contributed by atoms with van der Waals surface area (Å²) in [7, 11) is 2.88. The number of nitrogens with one attached hydrogen (secondary N) is 1. The van der Waals surface area contributed by atoms with Gasteiger partial charge in [0.2, 0.25) is 5.91 Å². The maximum Gasteiger partial charge on any atom is 0.401 e. The molecule has 3 aliphatic rings. The van der Waals surface area contributed by atoms with Gasteiger partial charge in [0.05, 0.1) is 30.6 Å². The molecule has 2 fully saturated rings. The standard InChI is InChI=1S/C25H26F3N3O8/c1-31(2)18-12-6-9-5-11-10(14(33)7-30-8-24(26,27)28)3-4-13(32)16(11)19(34)15(9)21(36)25(12,39)22(37)17(20(18)35)23(29)38/h3-4,9,12,15,17-18,30,32,39H,5-8H2,1-2H3,(H2,29,38)/t9-,12-,15?,17?,18-,25-/m0/s1. The van der Waals surface area contributed by atoms with Crippen LogP contribution in [0.25, 0.3) is 0 Å². The lowest BCUT2D eigenvalue weighted by atomic mass is 9.52. The molecule has 0 radical (unpaired) electrons. The summed E-state index contributed by atoms with van der Waals surface area (Å²) in [5.41, 5.74) is 1.84. The molecule has 2 unspecified atom stereocenters. The number of carbonyl (C=O) groups is 6. The van der Waals surface area contributed by atoms with Crippen LogP contribution in [0.2, 0.25) is 0 Å². The number of ketones is 5. The predicted octanol–water partition coefficient (Wildman–Crippen LogP) is -0.798. The van der Waals surface area contributed by atoms with E-state index in [2.05, 4.69) is 0 Å². The summed E-state index contributed by atoms with van der Waals surface area (Å²) in [4.78, 5) is 79.7. The van der Waals surface area contributed by atoms with Crippen molar-refractivity contribution in [1.29, 1.82) is 0 Å². The van der Waals surface area contributed by atoms with Gasteiger partial charge >= 0.3 is 6.18 Å². The Hall–Kier alpha value is -3.49. The van der Waals surface area contributed by atoms with E-state index in [1.165, 1.54) is 19.0 Å². The number of fused-ring (bicyclic) bond motifs is 3. The highest BCUT2D eigenvalue weighted by atomic mass is 19.4. The first kappa shape index (κ1) is 28.5. The summed E-state index contributed by atoms with van der Waals surface area (Å²) in [6.07, 6.45) is -4.97. The molecule has 0 heterocycles. The molecular weight excluding hydrogens is 527 g/mol. The van der Waals surface area contributed by atoms with Crippen LogP contribution in [0, 0.1) is 23.7 Å². The highest BCUT2D eigenvalue weighted by Gasteiger charge is 2.69. The normalized spacial score (nSPS) is 30.6. The second-order valence-electron chi connectivity index (χ2n) is 10.4. The molecule has 1 amide bonds. The number of rotatable bonds is 6. The minimum Gasteiger partial charge on any atom is -0.507 e. The van der Waals surface area contributed by atoms with E-state index in [4.69, 9.17) is 5.73 Å². The van der Waals surface area contributed by atoms with E-state index in [1.807, 2.05) is 5.32 Å². The van der Waals surface area contributed by atoms with Crippen LogP contribution in [0.3, 0.4) is 0 Å². The summed E-state index contributed by atoms with van der Waals surface area (Å²) >= 11 is 0. The molecule has 2 saturated carbocycles. The van der Waals surface area contributed by atoms with E-state index in [0.717, 1.165) is 12.1 Å². The van der Waals surface area contributed by atoms with Gasteiger partial charge in [-0.1, -0.05) is 0 Å². The molecule has 5 N–H and O–H groups in total. The van der Waals surface area contributed by atoms with Crippen LogP contribution in [0.15, 0.2) is 12.1 Å². The van der Waals surface area contributed by atoms with Crippen LogP contribution in [-0.2, 0) is 25.6 Å². The molecule has 4 rings (SSSR count). The second kappa shape index (κ2) is 9.61. The lowest BCUT2D eigenvalue weighted by Gasteiger charge is -2.52. The number of nitrogens with two attached hydrogens (primary N) is 1. The summed E-state index contributed by atoms with van der Waals surface area (Å²) in [6.45, 7) is -2.15. The summed E-state index contributed by atoms with van der Waals surface area (Å²) in [5, 5.41) is 23.9. The van der Waals surface area contributed by atoms with Crippen LogP contribution in [0.4, 0.5) is 13.2 Å². The fraction of sp³-hybridized carbons (Fsp3) is 0.520. The van der Waals surface area contributed by atoms with E-state index in [9.17, 15) is 52.2 Å². The van der Waals surface area contributed by atoms with Crippen LogP contribution in [-0.4, -0.2) is 94.9 Å². The lowest BCUT2D eigenvalue weighted by molar-refractivity contribution is -0.181. The average Bonchev–Trinajstić information content (AvgIpc) is 2.80. The second-order valence-corrected chi connectivity index (χ2v) is 10.4. The number of amides is 1. The monoisotopic (exact) mass is 553 g/mol. The molecule has 0 spiro atoms. The van der Waals surface area contributed by atoms with E-state index in [0.29, 0.717) is 0 Å². The van der Waals surface area contributed by atoms with Crippen molar-refractivity contribution in [3.8, 4) is 5.75 Å². The van der Waals surface area contributed by atoms with Gasteiger partial charge in [0.25, 0.3) is 0 Å². The first-order valence-corrected chi connectivity index (χ1v) is 12.0. The van der Waals surface area contributed by atoms with Gasteiger partial charge in [-0.3, -0.25) is 33.7 Å². The number of aliphatic hydroxyl groups is 1. The number of primary amides is 1. The molecule has 210 valence electrons. The Labute approximate surface area is 219 Å². The molecule has 0 aliphatic heterocycles. The zero-order chi connectivity index (χ0) is 29.2. The number of nitrogens with zero attached hydrogens (tertiary/aromatic N) is 1. The zero-order valence-electron chi connectivity index (χ0n) is 20.9. The highest BCUT2D eigenvalue weighted by Crippen LogP contribution is 2.51. The number of aromatic hydroxyl groups is 1. The number of likely N-dealkylation sites (N-methyl/N-ethyl adjacent to an activating group) is 1. The van der Waals surface area contributed by atoms with Crippen molar-refractivity contribution in [1.82, 2.24) is 10.2 Å². The number of Topliss-reactive ketones (excluding diaryl/α,β-unsaturated/α-hetero) is 5. The van der Waals surface area contributed by atoms with Gasteiger partial charge in [0, 0.05) is 11.5 Å². The third-order valence-corrected chi connectivity index (χ3v) is 7.86. The van der Waals surface area contributed by atoms with Crippen molar-refractivity contribution in [3.05, 3.63) is 28.8 Å². The number of hydrogen-bond donors (Lipinski definition) is 4. The fourth-order valence-electron chi connectivity index (χ4n) is 6.28. The van der Waals surface area contributed by atoms with Crippen molar-refractivity contribution < 1.29 is 52.2 Å². The molecule has 1 aromatic carbocycles. The number of halogens is 3. The first-order valence-electron chi connectivity index (χ1n) is 12.0. The number of phenolic OH excluding ortho intramolecular Hbond substituents is 1. The third-order valence-electron chi connectivity index (χ3n) is 7.86. The van der Waals surface area contributed by atoms with Gasteiger partial charge in [0.15, 0.2) is 40.4 Å². The third kappa shape index (κ3) is 4.45. The molecule has 14 heteroatoms. The van der Waals surface area contributed by atoms with Gasteiger partial charge in [-0.15, -0.1) is 0 Å². The van der Waals surface area contributed by atoms with E-state index in [1.54, 1.807) is 0 Å². The Morgan fingerprint density at radius 3 is 2.36 bits per heavy atom. The van der Waals surface area contributed by atoms with Crippen LogP contribution < -0.4 is 11.1 Å². The zero-order valence-corrected chi connectivity index (χ0v) is 20.9. The molecular formula is C25H26F3N3O8. The summed E-state index contributed by atoms with van der Waals surface area (Å²) < 4.78 is 37.5. The molecule has 39 heavy (non-hydrogen) atoms. The van der Waals surface area contributed by atoms with Crippen molar-refractivity contribution in [3.63, 3.8) is 0 Å². The first-order chi connectivity index (χ1) is 18.0. The molecule has 0 aromatic heterocycles. The van der Waals surface area contributed by atoms with Gasteiger partial charge in [-0.25, -0.2) is 0 Å². The maximum absolute atomic E-state index is 13.7. The summed E-state index contributed by atoms with van der Waals surface area (Å²) in [5.74, 6) is -13.3. The Morgan fingerprint density at radius 2 is 1.79 bits per heavy atom. The number of hydrogen-bond acceptors (Lipinski definition) is 10. The molecule has 0 saturated heterocycles. The van der Waals surface area contributed by atoms with Crippen LogP contribution in [0.5, 0.6) is 5.75 Å². The fourth-order valence-corrected chi connectivity index (χ4v) is 6.28. The maximum atomic E-state index is 13.7. The van der Waals surface area contributed by atoms with Gasteiger partial charge < -0.3 is 21.3 Å². The Bertz CT molecular complexity index is 1310. The minimum atomic E-state index is -4.57. The number of alkyl halides is 3. The van der Waals surface area contributed by atoms with E-state index in [-0.39, 0.29) is 24.0 Å². The summed E-state index contributed by atoms with van der Waals surface area (Å²) in [6, 6.07) is 0.867. The molecule has 11 nitrogen and oxygen atoms in total. The smallest absolute Gasteiger partial charge is 0.401 e. The average molecular weight is 553 g/mol. The van der Waals surface area contributed by atoms with Crippen molar-refractivity contribution >= 4 is 34.8 Å². The molecule has 3 aliphatic carbocycles. The number of phenols is 1. The molecule has 0 bridgehead atoms. The van der Waals surface area contributed by atoms with Gasteiger partial charge in [-0.2, -0.15) is 13.2 Å². The minimum absolute atomic E-state index is 0.0168. The molecule has 1 aromatic rings. The largest absolute Gasteiger partial charge is 0.507 e. The number of benzene rings is 1. The van der Waals surface area contributed by atoms with E-state index < -0.39 is 101 Å². The van der Waals surface area contributed by atoms with Crippen molar-refractivity contribution in [2.75, 3.05) is 27.2 Å². The van der Waals surface area contributed by atoms with Crippen LogP contribution >= 0.6 is 0 Å². The quantitative estimate of drug-likeness (QED) is 0.257. The molecule has 6 atom stereocenters. The van der Waals surface area contributed by atoms with Gasteiger partial charge in [0.1, 0.15) is 5.75 Å². The highest BCUT2D eigenvalue weighted by molar-refractivity contribution is 6.32. The van der Waals surface area contributed by atoms with Crippen molar-refractivity contribution in [2.45, 2.75) is 30.7 Å².